The van der Waals surface area contributed by atoms with Crippen molar-refractivity contribution in [3.05, 3.63) is 12.3 Å². The molecule has 1 saturated heterocycles. The molecule has 18 heavy (non-hydrogen) atoms. The van der Waals surface area contributed by atoms with Gasteiger partial charge in [0.25, 0.3) is 0 Å². The SMILES string of the molecule is CCNc1nccc(N2CCCCC2CCO)n1. The Labute approximate surface area is 108 Å². The summed E-state index contributed by atoms with van der Waals surface area (Å²) >= 11 is 0. The predicted octanol–water partition coefficient (Wildman–Crippen LogP) is 1.65. The first-order valence-corrected chi connectivity index (χ1v) is 6.79. The van der Waals surface area contributed by atoms with Crippen LogP contribution in [0.1, 0.15) is 32.6 Å². The van der Waals surface area contributed by atoms with Gasteiger partial charge in [-0.2, -0.15) is 4.98 Å². The van der Waals surface area contributed by atoms with E-state index in [4.69, 9.17) is 5.11 Å². The molecule has 1 unspecified atom stereocenters. The lowest BCUT2D eigenvalue weighted by atomic mass is 10.00. The van der Waals surface area contributed by atoms with Gasteiger partial charge < -0.3 is 15.3 Å². The molecular weight excluding hydrogens is 228 g/mol. The largest absolute Gasteiger partial charge is 0.396 e. The van der Waals surface area contributed by atoms with Crippen molar-refractivity contribution in [1.82, 2.24) is 9.97 Å². The molecule has 2 N–H and O–H groups in total. The normalized spacial score (nSPS) is 19.9. The summed E-state index contributed by atoms with van der Waals surface area (Å²) in [5, 5.41) is 12.3. The second-order valence-electron chi connectivity index (χ2n) is 4.62. The average Bonchev–Trinajstić information content (AvgIpc) is 2.40. The number of aliphatic hydroxyl groups excluding tert-OH is 1. The van der Waals surface area contributed by atoms with Crippen LogP contribution in [0.25, 0.3) is 0 Å². The molecule has 1 aliphatic heterocycles. The van der Waals surface area contributed by atoms with Crippen LogP contribution in [0, 0.1) is 0 Å². The second kappa shape index (κ2) is 6.54. The van der Waals surface area contributed by atoms with Crippen LogP contribution >= 0.6 is 0 Å². The first-order chi connectivity index (χ1) is 8.85. The standard InChI is InChI=1S/C13H22N4O/c1-2-14-13-15-8-6-12(16-13)17-9-4-3-5-11(17)7-10-18/h6,8,11,18H,2-5,7,9-10H2,1H3,(H,14,15,16). The molecule has 5 nitrogen and oxygen atoms in total. The van der Waals surface area contributed by atoms with Gasteiger partial charge in [-0.25, -0.2) is 4.98 Å². The molecule has 1 fully saturated rings. The summed E-state index contributed by atoms with van der Waals surface area (Å²) in [5.74, 6) is 1.66. The van der Waals surface area contributed by atoms with E-state index in [1.807, 2.05) is 13.0 Å². The van der Waals surface area contributed by atoms with Gasteiger partial charge in [0.1, 0.15) is 5.82 Å². The first kappa shape index (κ1) is 13.1. The fraction of sp³-hybridized carbons (Fsp3) is 0.692. The molecular formula is C13H22N4O. The van der Waals surface area contributed by atoms with Crippen LogP contribution in [0.2, 0.25) is 0 Å². The van der Waals surface area contributed by atoms with Crippen molar-refractivity contribution in [2.75, 3.05) is 29.9 Å². The topological polar surface area (TPSA) is 61.3 Å². The molecule has 0 radical (unpaired) electrons. The molecule has 0 spiro atoms. The average molecular weight is 250 g/mol. The Balaban J connectivity index is 2.14. The van der Waals surface area contributed by atoms with Crippen LogP contribution in [0.15, 0.2) is 12.3 Å². The third-order valence-corrected chi connectivity index (χ3v) is 3.36. The van der Waals surface area contributed by atoms with Crippen molar-refractivity contribution in [3.8, 4) is 0 Å². The number of piperidine rings is 1. The van der Waals surface area contributed by atoms with Gasteiger partial charge in [-0.05, 0) is 38.7 Å². The van der Waals surface area contributed by atoms with Crippen LogP contribution in [0.4, 0.5) is 11.8 Å². The van der Waals surface area contributed by atoms with E-state index in [1.165, 1.54) is 12.8 Å². The van der Waals surface area contributed by atoms with Gasteiger partial charge >= 0.3 is 0 Å². The Hall–Kier alpha value is -1.36. The van der Waals surface area contributed by atoms with E-state index in [-0.39, 0.29) is 6.61 Å². The van der Waals surface area contributed by atoms with Crippen molar-refractivity contribution in [2.45, 2.75) is 38.6 Å². The van der Waals surface area contributed by atoms with Gasteiger partial charge in [0.15, 0.2) is 0 Å². The third kappa shape index (κ3) is 3.10. The number of anilines is 2. The van der Waals surface area contributed by atoms with E-state index in [2.05, 4.69) is 20.2 Å². The molecule has 0 saturated carbocycles. The molecule has 2 rings (SSSR count). The number of aliphatic hydroxyl groups is 1. The van der Waals surface area contributed by atoms with Crippen molar-refractivity contribution >= 4 is 11.8 Å². The van der Waals surface area contributed by atoms with Crippen LogP contribution in [0.3, 0.4) is 0 Å². The predicted molar refractivity (Wildman–Crippen MR) is 72.9 cm³/mol. The maximum absolute atomic E-state index is 9.15. The molecule has 0 aliphatic carbocycles. The molecule has 1 aromatic rings. The van der Waals surface area contributed by atoms with Gasteiger partial charge in [0, 0.05) is 31.9 Å². The highest BCUT2D eigenvalue weighted by atomic mass is 16.3. The van der Waals surface area contributed by atoms with Crippen molar-refractivity contribution < 1.29 is 5.11 Å². The highest BCUT2D eigenvalue weighted by molar-refractivity contribution is 5.43. The van der Waals surface area contributed by atoms with Gasteiger partial charge in [-0.3, -0.25) is 0 Å². The monoisotopic (exact) mass is 250 g/mol. The van der Waals surface area contributed by atoms with Crippen LogP contribution in [0.5, 0.6) is 0 Å². The molecule has 1 atom stereocenters. The van der Waals surface area contributed by atoms with Gasteiger partial charge in [-0.1, -0.05) is 0 Å². The van der Waals surface area contributed by atoms with Gasteiger partial charge in [-0.15, -0.1) is 0 Å². The minimum Gasteiger partial charge on any atom is -0.396 e. The minimum atomic E-state index is 0.242. The number of rotatable bonds is 5. The molecule has 100 valence electrons. The lowest BCUT2D eigenvalue weighted by Crippen LogP contribution is -2.40. The van der Waals surface area contributed by atoms with Crippen LogP contribution in [-0.2, 0) is 0 Å². The summed E-state index contributed by atoms with van der Waals surface area (Å²) in [6, 6.07) is 2.37. The Morgan fingerprint density at radius 3 is 3.17 bits per heavy atom. The summed E-state index contributed by atoms with van der Waals surface area (Å²) in [7, 11) is 0. The van der Waals surface area contributed by atoms with E-state index < -0.39 is 0 Å². The molecule has 2 heterocycles. The van der Waals surface area contributed by atoms with Gasteiger partial charge in [0.05, 0.1) is 0 Å². The second-order valence-corrected chi connectivity index (χ2v) is 4.62. The molecule has 5 heteroatoms. The highest BCUT2D eigenvalue weighted by Gasteiger charge is 2.23. The zero-order valence-corrected chi connectivity index (χ0v) is 11.0. The Bertz CT molecular complexity index is 370. The summed E-state index contributed by atoms with van der Waals surface area (Å²) in [6.45, 7) is 4.12. The zero-order valence-electron chi connectivity index (χ0n) is 11.0. The Morgan fingerprint density at radius 2 is 2.39 bits per heavy atom. The zero-order chi connectivity index (χ0) is 12.8. The Morgan fingerprint density at radius 1 is 1.50 bits per heavy atom. The summed E-state index contributed by atoms with van der Waals surface area (Å²) in [6.07, 6.45) is 6.20. The maximum Gasteiger partial charge on any atom is 0.224 e. The highest BCUT2D eigenvalue weighted by Crippen LogP contribution is 2.25. The van der Waals surface area contributed by atoms with Crippen molar-refractivity contribution in [1.29, 1.82) is 0 Å². The summed E-state index contributed by atoms with van der Waals surface area (Å²) in [5.41, 5.74) is 0. The number of nitrogens with zero attached hydrogens (tertiary/aromatic N) is 3. The maximum atomic E-state index is 9.15. The molecule has 0 amide bonds. The number of nitrogens with one attached hydrogen (secondary N) is 1. The molecule has 1 aromatic heterocycles. The lowest BCUT2D eigenvalue weighted by Gasteiger charge is -2.36. The minimum absolute atomic E-state index is 0.242. The lowest BCUT2D eigenvalue weighted by molar-refractivity contribution is 0.262. The third-order valence-electron chi connectivity index (χ3n) is 3.36. The summed E-state index contributed by atoms with van der Waals surface area (Å²) in [4.78, 5) is 11.0. The Kier molecular flexibility index (Phi) is 4.75. The summed E-state index contributed by atoms with van der Waals surface area (Å²) < 4.78 is 0. The van der Waals surface area contributed by atoms with Crippen molar-refractivity contribution in [3.63, 3.8) is 0 Å². The molecule has 0 aromatic carbocycles. The fourth-order valence-electron chi connectivity index (χ4n) is 2.50. The number of hydrogen-bond acceptors (Lipinski definition) is 5. The van der Waals surface area contributed by atoms with Gasteiger partial charge in [0.2, 0.25) is 5.95 Å². The van der Waals surface area contributed by atoms with Crippen molar-refractivity contribution in [2.24, 2.45) is 0 Å². The van der Waals surface area contributed by atoms with E-state index in [0.717, 1.165) is 31.7 Å². The van der Waals surface area contributed by atoms with Crippen LogP contribution in [-0.4, -0.2) is 40.8 Å². The van der Waals surface area contributed by atoms with Crippen LogP contribution < -0.4 is 10.2 Å². The van der Waals surface area contributed by atoms with E-state index in [0.29, 0.717) is 12.0 Å². The molecule has 1 aliphatic rings. The van der Waals surface area contributed by atoms with E-state index in [9.17, 15) is 0 Å². The van der Waals surface area contributed by atoms with E-state index in [1.54, 1.807) is 6.20 Å². The quantitative estimate of drug-likeness (QED) is 0.832. The number of hydrogen-bond donors (Lipinski definition) is 2. The smallest absolute Gasteiger partial charge is 0.224 e. The first-order valence-electron chi connectivity index (χ1n) is 6.79. The van der Waals surface area contributed by atoms with E-state index >= 15 is 0 Å². The fourth-order valence-corrected chi connectivity index (χ4v) is 2.50. The molecule has 0 bridgehead atoms. The number of aromatic nitrogens is 2.